The molecule has 0 spiro atoms. The Labute approximate surface area is 185 Å². The summed E-state index contributed by atoms with van der Waals surface area (Å²) in [6.45, 7) is 2.74. The highest BCUT2D eigenvalue weighted by Crippen LogP contribution is 2.39. The van der Waals surface area contributed by atoms with E-state index in [2.05, 4.69) is 50.6 Å². The standard InChI is InChI=1S/C19H24BrN3O3.HI/c1-12-8-14(20)7-6-13(12)11-22-19(21-2)23-15-9-16(24-3)18(26-5)17(10-15)25-4;/h6-10H,11H2,1-5H3,(H2,21,22,23);1H. The Balaban J connectivity index is 0.00000364. The molecule has 0 unspecified atom stereocenters. The zero-order valence-corrected chi connectivity index (χ0v) is 20.0. The van der Waals surface area contributed by atoms with Gasteiger partial charge in [-0.05, 0) is 30.2 Å². The first-order valence-electron chi connectivity index (χ1n) is 8.05. The molecule has 148 valence electrons. The van der Waals surface area contributed by atoms with Gasteiger partial charge in [-0.3, -0.25) is 4.99 Å². The summed E-state index contributed by atoms with van der Waals surface area (Å²) in [5.41, 5.74) is 3.18. The fraction of sp³-hybridized carbons (Fsp3) is 0.316. The fourth-order valence-electron chi connectivity index (χ4n) is 2.51. The molecule has 0 bridgehead atoms. The molecule has 2 rings (SSSR count). The molecule has 0 atom stereocenters. The molecule has 27 heavy (non-hydrogen) atoms. The van der Waals surface area contributed by atoms with Crippen LogP contribution in [0.1, 0.15) is 11.1 Å². The molecule has 2 N–H and O–H groups in total. The van der Waals surface area contributed by atoms with E-state index in [9.17, 15) is 0 Å². The quantitative estimate of drug-likeness (QED) is 0.313. The molecule has 0 aliphatic carbocycles. The number of anilines is 1. The second-order valence-corrected chi connectivity index (χ2v) is 6.45. The van der Waals surface area contributed by atoms with Crippen LogP contribution in [-0.4, -0.2) is 34.3 Å². The van der Waals surface area contributed by atoms with Gasteiger partial charge in [0.25, 0.3) is 0 Å². The molecule has 0 radical (unpaired) electrons. The van der Waals surface area contributed by atoms with E-state index in [1.165, 1.54) is 11.1 Å². The molecule has 2 aromatic carbocycles. The number of rotatable bonds is 6. The number of aliphatic imine (C=N–C) groups is 1. The average molecular weight is 550 g/mol. The number of aryl methyl sites for hydroxylation is 1. The summed E-state index contributed by atoms with van der Waals surface area (Å²) >= 11 is 3.48. The molecule has 8 heteroatoms. The summed E-state index contributed by atoms with van der Waals surface area (Å²) in [6.07, 6.45) is 0. The van der Waals surface area contributed by atoms with E-state index in [-0.39, 0.29) is 24.0 Å². The van der Waals surface area contributed by atoms with E-state index in [1.54, 1.807) is 28.4 Å². The SMILES string of the molecule is CN=C(NCc1ccc(Br)cc1C)Nc1cc(OC)c(OC)c(OC)c1.I. The lowest BCUT2D eigenvalue weighted by Gasteiger charge is -2.17. The summed E-state index contributed by atoms with van der Waals surface area (Å²) < 4.78 is 17.2. The van der Waals surface area contributed by atoms with E-state index in [4.69, 9.17) is 14.2 Å². The maximum absolute atomic E-state index is 5.38. The van der Waals surface area contributed by atoms with Crippen LogP contribution < -0.4 is 24.8 Å². The van der Waals surface area contributed by atoms with Gasteiger partial charge in [0.15, 0.2) is 17.5 Å². The van der Waals surface area contributed by atoms with Crippen molar-refractivity contribution in [1.29, 1.82) is 0 Å². The van der Waals surface area contributed by atoms with E-state index in [1.807, 2.05) is 18.2 Å². The van der Waals surface area contributed by atoms with Gasteiger partial charge >= 0.3 is 0 Å². The Morgan fingerprint density at radius 1 is 1.04 bits per heavy atom. The van der Waals surface area contributed by atoms with E-state index < -0.39 is 0 Å². The van der Waals surface area contributed by atoms with Gasteiger partial charge in [0.05, 0.1) is 21.3 Å². The van der Waals surface area contributed by atoms with Gasteiger partial charge in [-0.2, -0.15) is 0 Å². The number of nitrogens with one attached hydrogen (secondary N) is 2. The Morgan fingerprint density at radius 3 is 2.15 bits per heavy atom. The summed E-state index contributed by atoms with van der Waals surface area (Å²) in [4.78, 5) is 4.27. The number of hydrogen-bond acceptors (Lipinski definition) is 4. The molecule has 0 saturated carbocycles. The van der Waals surface area contributed by atoms with Crippen LogP contribution in [0.15, 0.2) is 39.8 Å². The van der Waals surface area contributed by atoms with Crippen LogP contribution in [0, 0.1) is 6.92 Å². The number of guanidine groups is 1. The number of ether oxygens (including phenoxy) is 3. The van der Waals surface area contributed by atoms with Crippen LogP contribution in [0.25, 0.3) is 0 Å². The Kier molecular flexibility index (Phi) is 9.71. The van der Waals surface area contributed by atoms with Gasteiger partial charge in [-0.15, -0.1) is 24.0 Å². The number of benzene rings is 2. The van der Waals surface area contributed by atoms with E-state index in [0.717, 1.165) is 10.2 Å². The zero-order valence-electron chi connectivity index (χ0n) is 16.1. The van der Waals surface area contributed by atoms with Crippen molar-refractivity contribution in [2.24, 2.45) is 4.99 Å². The third-order valence-electron chi connectivity index (χ3n) is 3.90. The Morgan fingerprint density at radius 2 is 1.67 bits per heavy atom. The minimum Gasteiger partial charge on any atom is -0.493 e. The maximum atomic E-state index is 5.38. The molecule has 0 aromatic heterocycles. The lowest BCUT2D eigenvalue weighted by atomic mass is 10.1. The Bertz CT molecular complexity index is 775. The van der Waals surface area contributed by atoms with Crippen molar-refractivity contribution in [3.8, 4) is 17.2 Å². The maximum Gasteiger partial charge on any atom is 0.203 e. The van der Waals surface area contributed by atoms with Crippen LogP contribution in [0.4, 0.5) is 5.69 Å². The van der Waals surface area contributed by atoms with Crippen molar-refractivity contribution in [2.75, 3.05) is 33.7 Å². The average Bonchev–Trinajstić information content (AvgIpc) is 2.65. The predicted molar refractivity (Wildman–Crippen MR) is 124 cm³/mol. The Hall–Kier alpha value is -1.68. The smallest absolute Gasteiger partial charge is 0.203 e. The first-order valence-corrected chi connectivity index (χ1v) is 8.84. The first kappa shape index (κ1) is 23.4. The number of nitrogens with zero attached hydrogens (tertiary/aromatic N) is 1. The fourth-order valence-corrected chi connectivity index (χ4v) is 2.98. The second-order valence-electron chi connectivity index (χ2n) is 5.54. The lowest BCUT2D eigenvalue weighted by molar-refractivity contribution is 0.324. The number of hydrogen-bond donors (Lipinski definition) is 2. The van der Waals surface area contributed by atoms with Gasteiger partial charge in [-0.1, -0.05) is 22.0 Å². The van der Waals surface area contributed by atoms with Crippen molar-refractivity contribution in [3.63, 3.8) is 0 Å². The van der Waals surface area contributed by atoms with E-state index >= 15 is 0 Å². The minimum atomic E-state index is 0. The second kappa shape index (κ2) is 11.2. The highest BCUT2D eigenvalue weighted by molar-refractivity contribution is 14.0. The van der Waals surface area contributed by atoms with Crippen molar-refractivity contribution in [2.45, 2.75) is 13.5 Å². The summed E-state index contributed by atoms with van der Waals surface area (Å²) in [6, 6.07) is 9.86. The normalized spacial score (nSPS) is 10.7. The third-order valence-corrected chi connectivity index (χ3v) is 4.40. The molecule has 0 fully saturated rings. The topological polar surface area (TPSA) is 64.1 Å². The molecule has 0 heterocycles. The monoisotopic (exact) mass is 549 g/mol. The summed E-state index contributed by atoms with van der Waals surface area (Å²) in [5.74, 6) is 2.35. The van der Waals surface area contributed by atoms with Crippen molar-refractivity contribution < 1.29 is 14.2 Å². The predicted octanol–water partition coefficient (Wildman–Crippen LogP) is 4.59. The van der Waals surface area contributed by atoms with Crippen LogP contribution in [-0.2, 0) is 6.54 Å². The molecular formula is C19H25BrIN3O3. The van der Waals surface area contributed by atoms with Gasteiger partial charge in [0.2, 0.25) is 5.75 Å². The van der Waals surface area contributed by atoms with Crippen LogP contribution >= 0.6 is 39.9 Å². The minimum absolute atomic E-state index is 0. The van der Waals surface area contributed by atoms with Gasteiger partial charge in [0, 0.05) is 35.9 Å². The van der Waals surface area contributed by atoms with Crippen LogP contribution in [0.2, 0.25) is 0 Å². The summed E-state index contributed by atoms with van der Waals surface area (Å²) in [7, 11) is 6.48. The van der Waals surface area contributed by atoms with Gasteiger partial charge in [-0.25, -0.2) is 0 Å². The van der Waals surface area contributed by atoms with E-state index in [0.29, 0.717) is 29.8 Å². The van der Waals surface area contributed by atoms with Crippen molar-refractivity contribution in [1.82, 2.24) is 5.32 Å². The van der Waals surface area contributed by atoms with Crippen molar-refractivity contribution in [3.05, 3.63) is 45.9 Å². The molecule has 6 nitrogen and oxygen atoms in total. The highest BCUT2D eigenvalue weighted by Gasteiger charge is 2.14. The number of methoxy groups -OCH3 is 3. The molecule has 0 aliphatic rings. The number of halogens is 2. The molecule has 0 aliphatic heterocycles. The molecular weight excluding hydrogens is 525 g/mol. The summed E-state index contributed by atoms with van der Waals surface area (Å²) in [5, 5.41) is 6.55. The van der Waals surface area contributed by atoms with Crippen molar-refractivity contribution >= 4 is 51.6 Å². The van der Waals surface area contributed by atoms with Crippen LogP contribution in [0.3, 0.4) is 0 Å². The molecule has 0 amide bonds. The lowest BCUT2D eigenvalue weighted by Crippen LogP contribution is -2.30. The van der Waals surface area contributed by atoms with Gasteiger partial charge in [0.1, 0.15) is 0 Å². The third kappa shape index (κ3) is 6.17. The van der Waals surface area contributed by atoms with Gasteiger partial charge < -0.3 is 24.8 Å². The van der Waals surface area contributed by atoms with Crippen LogP contribution in [0.5, 0.6) is 17.2 Å². The largest absolute Gasteiger partial charge is 0.493 e. The zero-order chi connectivity index (χ0) is 19.1. The highest BCUT2D eigenvalue weighted by atomic mass is 127. The molecule has 0 saturated heterocycles. The molecule has 2 aromatic rings. The first-order chi connectivity index (χ1) is 12.5.